The van der Waals surface area contributed by atoms with Gasteiger partial charge in [-0.25, -0.2) is 0 Å². The fourth-order valence-electron chi connectivity index (χ4n) is 4.89. The van der Waals surface area contributed by atoms with Crippen molar-refractivity contribution in [3.63, 3.8) is 0 Å². The lowest BCUT2D eigenvalue weighted by Crippen LogP contribution is -2.37. The number of aromatic nitrogens is 1. The Morgan fingerprint density at radius 2 is 2.11 bits per heavy atom. The highest BCUT2D eigenvalue weighted by molar-refractivity contribution is 7.21. The predicted molar refractivity (Wildman–Crippen MR) is 137 cm³/mol. The lowest BCUT2D eigenvalue weighted by Gasteiger charge is -2.22. The first kappa shape index (κ1) is 23.6. The van der Waals surface area contributed by atoms with Crippen molar-refractivity contribution in [3.8, 4) is 11.5 Å². The van der Waals surface area contributed by atoms with Gasteiger partial charge in [0.25, 0.3) is 5.91 Å². The van der Waals surface area contributed by atoms with Crippen LogP contribution < -0.4 is 15.0 Å². The monoisotopic (exact) mass is 494 g/mol. The number of anilines is 1. The quantitative estimate of drug-likeness (QED) is 0.542. The summed E-state index contributed by atoms with van der Waals surface area (Å²) in [4.78, 5) is 34.5. The molecule has 1 aromatic carbocycles. The molecule has 4 heterocycles. The lowest BCUT2D eigenvalue weighted by molar-refractivity contribution is -0.122. The molecule has 5 rings (SSSR count). The first-order valence-corrected chi connectivity index (χ1v) is 12.9. The number of carbonyl (C=O) groups excluding carboxylic acids is 2. The van der Waals surface area contributed by atoms with Crippen LogP contribution in [-0.2, 0) is 4.79 Å². The molecule has 0 radical (unpaired) electrons. The van der Waals surface area contributed by atoms with E-state index in [1.807, 2.05) is 32.2 Å². The van der Waals surface area contributed by atoms with Gasteiger partial charge in [0.15, 0.2) is 0 Å². The minimum atomic E-state index is -0.455. The van der Waals surface area contributed by atoms with E-state index >= 15 is 0 Å². The molecule has 2 aromatic heterocycles. The third-order valence-electron chi connectivity index (χ3n) is 6.91. The summed E-state index contributed by atoms with van der Waals surface area (Å²) in [5.74, 6) is 1.03. The van der Waals surface area contributed by atoms with Crippen LogP contribution in [-0.4, -0.2) is 65.6 Å². The second kappa shape index (κ2) is 9.47. The lowest BCUT2D eigenvalue weighted by atomic mass is 9.95. The normalized spacial score (nSPS) is 21.4. The van der Waals surface area contributed by atoms with Crippen LogP contribution in [0.3, 0.4) is 0 Å². The molecule has 8 nitrogen and oxygen atoms in total. The van der Waals surface area contributed by atoms with E-state index in [4.69, 9.17) is 4.74 Å². The van der Waals surface area contributed by atoms with Gasteiger partial charge in [0.2, 0.25) is 5.91 Å². The van der Waals surface area contributed by atoms with Crippen molar-refractivity contribution in [1.29, 1.82) is 0 Å². The Bertz CT molecular complexity index is 1280. The number of nitrogens with zero attached hydrogens (tertiary/aromatic N) is 3. The average molecular weight is 495 g/mol. The molecule has 1 saturated heterocycles. The number of hydrogen-bond donors (Lipinski definition) is 2. The third kappa shape index (κ3) is 4.34. The molecule has 0 spiro atoms. The van der Waals surface area contributed by atoms with Gasteiger partial charge in [0.1, 0.15) is 11.5 Å². The van der Waals surface area contributed by atoms with Gasteiger partial charge in [-0.05, 0) is 37.5 Å². The van der Waals surface area contributed by atoms with Crippen molar-refractivity contribution in [2.45, 2.75) is 44.8 Å². The van der Waals surface area contributed by atoms with Gasteiger partial charge in [-0.2, -0.15) is 0 Å². The van der Waals surface area contributed by atoms with Crippen molar-refractivity contribution < 1.29 is 19.4 Å². The minimum absolute atomic E-state index is 0.0414. The zero-order valence-corrected chi connectivity index (χ0v) is 21.0. The molecule has 2 aliphatic heterocycles. The number of benzene rings is 1. The van der Waals surface area contributed by atoms with Crippen LogP contribution in [0.1, 0.15) is 47.8 Å². The third-order valence-corrected chi connectivity index (χ3v) is 8.03. The fraction of sp³-hybridized carbons (Fsp3) is 0.423. The number of rotatable bonds is 6. The number of aliphatic hydroxyl groups excluding tert-OH is 1. The van der Waals surface area contributed by atoms with Crippen LogP contribution in [0.5, 0.6) is 11.5 Å². The number of fused-ring (bicyclic) bond motifs is 2. The second-order valence-electron chi connectivity index (χ2n) is 9.27. The number of hydrogen-bond acceptors (Lipinski definition) is 7. The van der Waals surface area contributed by atoms with Crippen LogP contribution >= 0.6 is 11.3 Å². The molecular weight excluding hydrogens is 464 g/mol. The Labute approximate surface area is 208 Å². The van der Waals surface area contributed by atoms with E-state index in [0.717, 1.165) is 22.4 Å². The number of carbonyl (C=O) groups is 2. The Balaban J connectivity index is 1.40. The van der Waals surface area contributed by atoms with Crippen LogP contribution in [0.2, 0.25) is 0 Å². The van der Waals surface area contributed by atoms with E-state index < -0.39 is 6.10 Å². The largest absolute Gasteiger partial charge is 0.456 e. The molecule has 3 aromatic rings. The Morgan fingerprint density at radius 3 is 2.86 bits per heavy atom. The smallest absolute Gasteiger partial charge is 0.264 e. The van der Waals surface area contributed by atoms with E-state index in [2.05, 4.69) is 22.1 Å². The maximum absolute atomic E-state index is 12.9. The van der Waals surface area contributed by atoms with E-state index in [-0.39, 0.29) is 23.8 Å². The summed E-state index contributed by atoms with van der Waals surface area (Å²) < 4.78 is 7.08. The molecule has 1 fully saturated rings. The Hall–Kier alpha value is -3.17. The van der Waals surface area contributed by atoms with Gasteiger partial charge in [0, 0.05) is 56.7 Å². The molecule has 0 aliphatic carbocycles. The first-order chi connectivity index (χ1) is 16.9. The molecule has 9 heteroatoms. The number of thiophene rings is 1. The summed E-state index contributed by atoms with van der Waals surface area (Å²) >= 11 is 1.35. The highest BCUT2D eigenvalue weighted by Crippen LogP contribution is 2.43. The van der Waals surface area contributed by atoms with Crippen molar-refractivity contribution >= 4 is 39.1 Å². The number of pyridine rings is 1. The Morgan fingerprint density at radius 1 is 1.29 bits per heavy atom. The number of amides is 2. The molecule has 35 heavy (non-hydrogen) atoms. The van der Waals surface area contributed by atoms with Gasteiger partial charge in [-0.3, -0.25) is 14.6 Å². The Kier molecular flexibility index (Phi) is 6.37. The summed E-state index contributed by atoms with van der Waals surface area (Å²) in [6.45, 7) is 5.70. The zero-order valence-electron chi connectivity index (χ0n) is 20.2. The van der Waals surface area contributed by atoms with E-state index in [0.29, 0.717) is 47.9 Å². The maximum atomic E-state index is 12.9. The van der Waals surface area contributed by atoms with Crippen molar-refractivity contribution in [2.75, 3.05) is 31.6 Å². The summed E-state index contributed by atoms with van der Waals surface area (Å²) in [7, 11) is 2.00. The molecular formula is C26H30N4O4S. The number of β-amino-alcohol motifs (C(OH)–C–C–N with tert-alkyl or cyclic N) is 1. The van der Waals surface area contributed by atoms with Gasteiger partial charge >= 0.3 is 0 Å². The topological polar surface area (TPSA) is 95.0 Å². The van der Waals surface area contributed by atoms with E-state index in [1.165, 1.54) is 11.3 Å². The number of likely N-dealkylation sites (N-methyl/N-ethyl adjacent to an activating group) is 1. The molecule has 2 N–H and O–H groups in total. The van der Waals surface area contributed by atoms with Crippen molar-refractivity contribution in [2.24, 2.45) is 0 Å². The molecule has 3 unspecified atom stereocenters. The van der Waals surface area contributed by atoms with Gasteiger partial charge in [-0.1, -0.05) is 13.0 Å². The van der Waals surface area contributed by atoms with Crippen LogP contribution in [0.4, 0.5) is 5.69 Å². The van der Waals surface area contributed by atoms with Gasteiger partial charge in [0.05, 0.1) is 27.1 Å². The summed E-state index contributed by atoms with van der Waals surface area (Å²) in [5, 5.41) is 12.8. The van der Waals surface area contributed by atoms with Gasteiger partial charge in [-0.15, -0.1) is 11.3 Å². The van der Waals surface area contributed by atoms with Crippen molar-refractivity contribution in [3.05, 3.63) is 47.0 Å². The van der Waals surface area contributed by atoms with Crippen LogP contribution in [0, 0.1) is 0 Å². The fourth-order valence-corrected chi connectivity index (χ4v) is 5.92. The predicted octanol–water partition coefficient (Wildman–Crippen LogP) is 3.74. The zero-order chi connectivity index (χ0) is 24.7. The highest BCUT2D eigenvalue weighted by atomic mass is 32.1. The number of likely N-dealkylation sites (tertiary alicyclic amines) is 1. The van der Waals surface area contributed by atoms with Crippen LogP contribution in [0.15, 0.2) is 36.5 Å². The summed E-state index contributed by atoms with van der Waals surface area (Å²) in [6, 6.07) is 9.46. The minimum Gasteiger partial charge on any atom is -0.456 e. The van der Waals surface area contributed by atoms with Crippen LogP contribution in [0.25, 0.3) is 10.2 Å². The molecule has 2 amide bonds. The molecule has 3 atom stereocenters. The average Bonchev–Trinajstić information content (AvgIpc) is 3.55. The van der Waals surface area contributed by atoms with E-state index in [1.54, 1.807) is 23.2 Å². The highest BCUT2D eigenvalue weighted by Gasteiger charge is 2.38. The molecule has 184 valence electrons. The SMILES string of the molecule is CCCNC(=O)C1c2ccc(Oc3ccnc4cc(C(=O)N5CCC(O)C5)sc34)cc2N(C)C1C. The number of nitrogens with one attached hydrogen (secondary N) is 1. The number of ether oxygens (including phenoxy) is 1. The van der Waals surface area contributed by atoms with Crippen molar-refractivity contribution in [1.82, 2.24) is 15.2 Å². The number of aliphatic hydroxyl groups is 1. The standard InChI is InChI=1S/C26H30N4O4S/c1-4-9-28-25(32)23-15(2)29(3)20-12-17(5-6-18(20)23)34-21-7-10-27-19-13-22(35-24(19)21)26(33)30-11-8-16(31)14-30/h5-7,10,12-13,15-16,23,31H,4,8-9,11,14H2,1-3H3,(H,28,32). The molecule has 2 aliphatic rings. The van der Waals surface area contributed by atoms with E-state index in [9.17, 15) is 14.7 Å². The maximum Gasteiger partial charge on any atom is 0.264 e. The second-order valence-corrected chi connectivity index (χ2v) is 10.3. The summed E-state index contributed by atoms with van der Waals surface area (Å²) in [5.41, 5.74) is 2.68. The van der Waals surface area contributed by atoms with Gasteiger partial charge < -0.3 is 25.0 Å². The molecule has 0 bridgehead atoms. The first-order valence-electron chi connectivity index (χ1n) is 12.1. The molecule has 0 saturated carbocycles. The summed E-state index contributed by atoms with van der Waals surface area (Å²) in [6.07, 6.45) is 2.73.